The quantitative estimate of drug-likeness (QED) is 0.183. The molecule has 29 heavy (non-hydrogen) atoms. The lowest BCUT2D eigenvalue weighted by molar-refractivity contribution is -0.140. The van der Waals surface area contributed by atoms with Gasteiger partial charge in [-0.2, -0.15) is 0 Å². The largest absolute Gasteiger partial charge is 0.462 e. The Balaban J connectivity index is 0. The minimum atomic E-state index is -0.455. The average molecular weight is 413 g/mol. The monoisotopic (exact) mass is 412 g/mol. The molecule has 0 radical (unpaired) electrons. The molecule has 0 heterocycles. The van der Waals surface area contributed by atoms with Crippen molar-refractivity contribution in [2.45, 2.75) is 97.8 Å². The summed E-state index contributed by atoms with van der Waals surface area (Å²) in [5, 5.41) is 8.19. The Morgan fingerprint density at radius 1 is 0.655 bits per heavy atom. The number of ether oxygens (including phenoxy) is 2. The van der Waals surface area contributed by atoms with Crippen molar-refractivity contribution in [1.82, 2.24) is 0 Å². The molecule has 0 unspecified atom stereocenters. The molecular weight excluding hydrogens is 368 g/mol. The molecular formula is C24H44O5. The fourth-order valence-electron chi connectivity index (χ4n) is 2.49. The van der Waals surface area contributed by atoms with E-state index in [0.29, 0.717) is 17.8 Å². The van der Waals surface area contributed by atoms with Gasteiger partial charge in [-0.1, -0.05) is 90.7 Å². The van der Waals surface area contributed by atoms with Crippen molar-refractivity contribution in [3.8, 4) is 0 Å². The number of carbonyl (C=O) groups is 2. The van der Waals surface area contributed by atoms with E-state index >= 15 is 0 Å². The Hall–Kier alpha value is -1.62. The maximum atomic E-state index is 11.1. The number of aliphatic hydroxyl groups is 1. The third-order valence-electron chi connectivity index (χ3n) is 4.25. The fourth-order valence-corrected chi connectivity index (χ4v) is 2.49. The van der Waals surface area contributed by atoms with Crippen molar-refractivity contribution in [2.24, 2.45) is 0 Å². The molecule has 0 saturated carbocycles. The molecule has 5 nitrogen and oxygen atoms in total. The number of unbranched alkanes of at least 4 members (excludes halogenated alkanes) is 11. The lowest BCUT2D eigenvalue weighted by Crippen LogP contribution is -2.08. The van der Waals surface area contributed by atoms with Crippen LogP contribution in [0.1, 0.15) is 97.8 Å². The smallest absolute Gasteiger partial charge is 0.333 e. The highest BCUT2D eigenvalue weighted by Gasteiger charge is 2.02. The Morgan fingerprint density at radius 2 is 1.00 bits per heavy atom. The molecule has 0 saturated heterocycles. The van der Waals surface area contributed by atoms with E-state index in [2.05, 4.69) is 24.8 Å². The van der Waals surface area contributed by atoms with Gasteiger partial charge < -0.3 is 14.6 Å². The Bertz CT molecular complexity index is 443. The molecule has 0 aliphatic carbocycles. The number of carbonyl (C=O) groups excluding carboxylic acids is 2. The standard InChI is InChI=1S/C18H34O2.C6H10O3/c1-4-5-6-7-8-9-10-11-12-13-14-15-16-20-18(19)17(2)3;1-5(2)6(8)9-4-3-7/h2,4-16H2,1,3H3;7H,1,3-4H2,2H3. The Kier molecular flexibility index (Phi) is 23.1. The second-order valence-electron chi connectivity index (χ2n) is 7.45. The van der Waals surface area contributed by atoms with E-state index in [1.54, 1.807) is 13.8 Å². The predicted octanol–water partition coefficient (Wildman–Crippen LogP) is 5.90. The van der Waals surface area contributed by atoms with Crippen LogP contribution in [0, 0.1) is 0 Å². The molecule has 0 amide bonds. The van der Waals surface area contributed by atoms with E-state index < -0.39 is 5.97 Å². The highest BCUT2D eigenvalue weighted by Crippen LogP contribution is 2.12. The number of aliphatic hydroxyl groups excluding tert-OH is 1. The predicted molar refractivity (Wildman–Crippen MR) is 120 cm³/mol. The van der Waals surface area contributed by atoms with Gasteiger partial charge in [0.15, 0.2) is 0 Å². The average Bonchev–Trinajstić information content (AvgIpc) is 2.69. The molecule has 0 fully saturated rings. The maximum Gasteiger partial charge on any atom is 0.333 e. The summed E-state index contributed by atoms with van der Waals surface area (Å²) in [6.45, 7) is 12.9. The van der Waals surface area contributed by atoms with Crippen LogP contribution < -0.4 is 0 Å². The Morgan fingerprint density at radius 3 is 1.34 bits per heavy atom. The molecule has 0 aliphatic rings. The first kappa shape index (κ1) is 29.6. The zero-order valence-corrected chi connectivity index (χ0v) is 19.1. The molecule has 0 aromatic rings. The molecule has 0 spiro atoms. The molecule has 0 bridgehead atoms. The SMILES string of the molecule is C=C(C)C(=O)OCCCCCCCCCCCCCC.C=C(C)C(=O)OCCO. The van der Waals surface area contributed by atoms with E-state index in [4.69, 9.17) is 9.84 Å². The zero-order chi connectivity index (χ0) is 22.3. The van der Waals surface area contributed by atoms with Gasteiger partial charge in [0.1, 0.15) is 6.61 Å². The summed E-state index contributed by atoms with van der Waals surface area (Å²) >= 11 is 0. The van der Waals surface area contributed by atoms with Crippen molar-refractivity contribution in [3.63, 3.8) is 0 Å². The highest BCUT2D eigenvalue weighted by molar-refractivity contribution is 5.87. The minimum Gasteiger partial charge on any atom is -0.462 e. The van der Waals surface area contributed by atoms with Crippen LogP contribution in [-0.2, 0) is 19.1 Å². The van der Waals surface area contributed by atoms with Crippen LogP contribution in [0.2, 0.25) is 0 Å². The third-order valence-corrected chi connectivity index (χ3v) is 4.25. The lowest BCUT2D eigenvalue weighted by atomic mass is 10.1. The van der Waals surface area contributed by atoms with E-state index in [1.165, 1.54) is 70.6 Å². The minimum absolute atomic E-state index is 0.0473. The van der Waals surface area contributed by atoms with Crippen molar-refractivity contribution in [1.29, 1.82) is 0 Å². The Labute approximate surface area is 178 Å². The number of esters is 2. The summed E-state index contributed by atoms with van der Waals surface area (Å²) in [6, 6.07) is 0. The van der Waals surface area contributed by atoms with Gasteiger partial charge >= 0.3 is 11.9 Å². The van der Waals surface area contributed by atoms with Gasteiger partial charge in [0.25, 0.3) is 0 Å². The number of rotatable bonds is 17. The molecule has 0 rings (SSSR count). The van der Waals surface area contributed by atoms with Crippen LogP contribution in [0.15, 0.2) is 24.3 Å². The second-order valence-corrected chi connectivity index (χ2v) is 7.45. The molecule has 5 heteroatoms. The van der Waals surface area contributed by atoms with Crippen LogP contribution in [0.25, 0.3) is 0 Å². The number of hydrogen-bond acceptors (Lipinski definition) is 5. The summed E-state index contributed by atoms with van der Waals surface area (Å²) in [5.41, 5.74) is 0.840. The summed E-state index contributed by atoms with van der Waals surface area (Å²) in [7, 11) is 0. The van der Waals surface area contributed by atoms with Gasteiger partial charge in [-0.15, -0.1) is 0 Å². The van der Waals surface area contributed by atoms with Crippen molar-refractivity contribution in [3.05, 3.63) is 24.3 Å². The first-order valence-corrected chi connectivity index (χ1v) is 11.1. The first-order valence-electron chi connectivity index (χ1n) is 11.1. The number of hydrogen-bond donors (Lipinski definition) is 1. The van der Waals surface area contributed by atoms with Gasteiger partial charge in [-0.25, -0.2) is 9.59 Å². The van der Waals surface area contributed by atoms with E-state index in [9.17, 15) is 9.59 Å². The van der Waals surface area contributed by atoms with Gasteiger partial charge in [-0.05, 0) is 20.3 Å². The maximum absolute atomic E-state index is 11.1. The summed E-state index contributed by atoms with van der Waals surface area (Å²) in [4.78, 5) is 21.6. The molecule has 0 aliphatic heterocycles. The van der Waals surface area contributed by atoms with Gasteiger partial charge in [0.05, 0.1) is 13.2 Å². The van der Waals surface area contributed by atoms with Crippen LogP contribution in [0.4, 0.5) is 0 Å². The highest BCUT2D eigenvalue weighted by atomic mass is 16.5. The van der Waals surface area contributed by atoms with Crippen LogP contribution >= 0.6 is 0 Å². The van der Waals surface area contributed by atoms with Crippen molar-refractivity contribution in [2.75, 3.05) is 19.8 Å². The van der Waals surface area contributed by atoms with Gasteiger partial charge in [-0.3, -0.25) is 0 Å². The van der Waals surface area contributed by atoms with Crippen LogP contribution in [-0.4, -0.2) is 36.9 Å². The fraction of sp³-hybridized carbons (Fsp3) is 0.750. The molecule has 1 N–H and O–H groups in total. The lowest BCUT2D eigenvalue weighted by Gasteiger charge is -2.04. The summed E-state index contributed by atoms with van der Waals surface area (Å²) in [6.07, 6.45) is 15.9. The zero-order valence-electron chi connectivity index (χ0n) is 19.1. The van der Waals surface area contributed by atoms with Crippen molar-refractivity contribution < 1.29 is 24.2 Å². The molecule has 0 aromatic carbocycles. The molecule has 0 aromatic heterocycles. The van der Waals surface area contributed by atoms with Gasteiger partial charge in [0.2, 0.25) is 0 Å². The van der Waals surface area contributed by atoms with Gasteiger partial charge in [0, 0.05) is 11.1 Å². The first-order chi connectivity index (χ1) is 13.9. The second kappa shape index (κ2) is 22.7. The molecule has 170 valence electrons. The normalized spacial score (nSPS) is 9.93. The third kappa shape index (κ3) is 24.3. The summed E-state index contributed by atoms with van der Waals surface area (Å²) in [5.74, 6) is -0.711. The summed E-state index contributed by atoms with van der Waals surface area (Å²) < 4.78 is 9.52. The van der Waals surface area contributed by atoms with Crippen LogP contribution in [0.5, 0.6) is 0 Å². The topological polar surface area (TPSA) is 72.8 Å². The molecule has 0 atom stereocenters. The van der Waals surface area contributed by atoms with E-state index in [0.717, 1.165) is 6.42 Å². The van der Waals surface area contributed by atoms with Crippen LogP contribution in [0.3, 0.4) is 0 Å². The van der Waals surface area contributed by atoms with E-state index in [-0.39, 0.29) is 19.2 Å². The van der Waals surface area contributed by atoms with E-state index in [1.807, 2.05) is 0 Å². The van der Waals surface area contributed by atoms with Crippen molar-refractivity contribution >= 4 is 11.9 Å².